The molecule has 0 bridgehead atoms. The number of hydrogen-bond donors (Lipinski definition) is 2. The smallest absolute Gasteiger partial charge is 0.259 e. The summed E-state index contributed by atoms with van der Waals surface area (Å²) in [4.78, 5) is 23.7. The van der Waals surface area contributed by atoms with Crippen molar-refractivity contribution in [3.05, 3.63) is 59.0 Å². The Labute approximate surface area is 165 Å². The lowest BCUT2D eigenvalue weighted by Crippen LogP contribution is -2.38. The first-order valence-electron chi connectivity index (χ1n) is 9.38. The van der Waals surface area contributed by atoms with Crippen molar-refractivity contribution in [2.75, 3.05) is 31.2 Å². The number of pyridine rings is 1. The molecule has 0 radical (unpaired) electrons. The van der Waals surface area contributed by atoms with Gasteiger partial charge in [-0.1, -0.05) is 5.57 Å². The van der Waals surface area contributed by atoms with Crippen LogP contribution in [0.3, 0.4) is 0 Å². The number of hydrogen-bond acceptors (Lipinski definition) is 6. The largest absolute Gasteiger partial charge is 0.378 e. The van der Waals surface area contributed by atoms with Crippen LogP contribution in [0.1, 0.15) is 31.1 Å². The minimum absolute atomic E-state index is 0.213. The molecule has 7 heteroatoms. The molecule has 1 unspecified atom stereocenters. The summed E-state index contributed by atoms with van der Waals surface area (Å²) in [6, 6.07) is 3.54. The van der Waals surface area contributed by atoms with E-state index in [1.165, 1.54) is 0 Å². The van der Waals surface area contributed by atoms with E-state index in [9.17, 15) is 9.90 Å². The molecule has 1 aromatic heterocycles. The summed E-state index contributed by atoms with van der Waals surface area (Å²) in [6.07, 6.45) is 6.37. The molecule has 0 spiro atoms. The van der Waals surface area contributed by atoms with Crippen LogP contribution in [0.5, 0.6) is 0 Å². The van der Waals surface area contributed by atoms with Gasteiger partial charge in [-0.05, 0) is 51.1 Å². The van der Waals surface area contributed by atoms with Gasteiger partial charge in [0, 0.05) is 30.6 Å². The molecule has 7 nitrogen and oxygen atoms in total. The van der Waals surface area contributed by atoms with Crippen molar-refractivity contribution in [2.24, 2.45) is 4.99 Å². The first-order valence-corrected chi connectivity index (χ1v) is 9.38. The van der Waals surface area contributed by atoms with Crippen molar-refractivity contribution >= 4 is 17.4 Å². The number of aliphatic hydroxyl groups excluding tert-OH is 1. The number of aliphatic imine (C=N–C) groups is 1. The molecule has 1 aromatic rings. The van der Waals surface area contributed by atoms with Crippen molar-refractivity contribution in [3.8, 4) is 0 Å². The average Bonchev–Trinajstić information content (AvgIpc) is 2.69. The molecular formula is C21H26N4O3. The highest BCUT2D eigenvalue weighted by Gasteiger charge is 2.21. The van der Waals surface area contributed by atoms with Gasteiger partial charge in [0.15, 0.2) is 0 Å². The zero-order chi connectivity index (χ0) is 20.1. The third kappa shape index (κ3) is 4.74. The Balaban J connectivity index is 1.82. The second kappa shape index (κ2) is 8.95. The van der Waals surface area contributed by atoms with Crippen LogP contribution >= 0.6 is 0 Å². The highest BCUT2D eigenvalue weighted by molar-refractivity contribution is 6.12. The quantitative estimate of drug-likeness (QED) is 0.834. The number of carbonyl (C=O) groups is 1. The fourth-order valence-electron chi connectivity index (χ4n) is 3.13. The summed E-state index contributed by atoms with van der Waals surface area (Å²) in [5, 5.41) is 12.5. The van der Waals surface area contributed by atoms with E-state index < -0.39 is 6.23 Å². The molecule has 2 N–H and O–H groups in total. The lowest BCUT2D eigenvalue weighted by molar-refractivity contribution is 0.0965. The van der Waals surface area contributed by atoms with E-state index >= 15 is 0 Å². The fourth-order valence-corrected chi connectivity index (χ4v) is 3.13. The normalized spacial score (nSPS) is 19.4. The van der Waals surface area contributed by atoms with Gasteiger partial charge in [0.05, 0.1) is 24.5 Å². The lowest BCUT2D eigenvalue weighted by Gasteiger charge is -2.29. The van der Waals surface area contributed by atoms with Gasteiger partial charge in [-0.25, -0.2) is 4.98 Å². The number of rotatable bonds is 4. The highest BCUT2D eigenvalue weighted by Crippen LogP contribution is 2.21. The number of allylic oxidation sites excluding steroid dienone is 5. The maximum absolute atomic E-state index is 12.9. The molecule has 3 rings (SSSR count). The topological polar surface area (TPSA) is 87.1 Å². The summed E-state index contributed by atoms with van der Waals surface area (Å²) < 4.78 is 5.39. The first kappa shape index (κ1) is 20.0. The minimum atomic E-state index is -0.787. The zero-order valence-corrected chi connectivity index (χ0v) is 16.5. The third-order valence-corrected chi connectivity index (χ3v) is 4.46. The standard InChI is InChI=1S/C21H26N4O3/c1-14(2)18-13-16(6-7-19(18)23-15(3)26)24-21(27)17-5-4-8-22-20(17)25-9-11-28-12-10-25/h4-8,13,15,26H,9-12H2,1-3H3,(H,24,27)/b23-19-. The number of anilines is 1. The summed E-state index contributed by atoms with van der Waals surface area (Å²) >= 11 is 0. The Kier molecular flexibility index (Phi) is 6.38. The number of ether oxygens (including phenoxy) is 1. The molecule has 1 atom stereocenters. The van der Waals surface area contributed by atoms with Gasteiger partial charge in [-0.3, -0.25) is 9.79 Å². The SMILES string of the molecule is CC(C)=C1C=C(NC(=O)c2cccnc2N2CCOCC2)C=C/C1=N/C(C)O. The lowest BCUT2D eigenvalue weighted by atomic mass is 9.99. The first-order chi connectivity index (χ1) is 13.5. The van der Waals surface area contributed by atoms with Crippen LogP contribution in [-0.4, -0.2) is 54.2 Å². The second-order valence-electron chi connectivity index (χ2n) is 6.92. The monoisotopic (exact) mass is 382 g/mol. The van der Waals surface area contributed by atoms with Crippen LogP contribution in [0.2, 0.25) is 0 Å². The third-order valence-electron chi connectivity index (χ3n) is 4.46. The Bertz CT molecular complexity index is 858. The molecule has 1 fully saturated rings. The molecule has 1 aliphatic heterocycles. The van der Waals surface area contributed by atoms with Gasteiger partial charge in [-0.2, -0.15) is 0 Å². The number of nitrogens with zero attached hydrogens (tertiary/aromatic N) is 3. The molecule has 2 aliphatic rings. The van der Waals surface area contributed by atoms with E-state index in [2.05, 4.69) is 20.2 Å². The van der Waals surface area contributed by atoms with Crippen molar-refractivity contribution in [2.45, 2.75) is 27.0 Å². The average molecular weight is 382 g/mol. The predicted octanol–water partition coefficient (Wildman–Crippen LogP) is 2.22. The molecule has 1 saturated heterocycles. The maximum atomic E-state index is 12.9. The molecule has 28 heavy (non-hydrogen) atoms. The molecular weight excluding hydrogens is 356 g/mol. The summed E-state index contributed by atoms with van der Waals surface area (Å²) in [7, 11) is 0. The van der Waals surface area contributed by atoms with Crippen LogP contribution in [0.15, 0.2) is 58.4 Å². The molecule has 1 aliphatic carbocycles. The Morgan fingerprint density at radius 2 is 2.07 bits per heavy atom. The predicted molar refractivity (Wildman–Crippen MR) is 109 cm³/mol. The van der Waals surface area contributed by atoms with Gasteiger partial charge < -0.3 is 20.1 Å². The van der Waals surface area contributed by atoms with E-state index in [0.717, 1.165) is 11.1 Å². The summed E-state index contributed by atoms with van der Waals surface area (Å²) in [5.41, 5.74) is 3.83. The number of carbonyl (C=O) groups excluding carboxylic acids is 1. The number of aromatic nitrogens is 1. The van der Waals surface area contributed by atoms with Crippen LogP contribution in [0.25, 0.3) is 0 Å². The highest BCUT2D eigenvalue weighted by atomic mass is 16.5. The van der Waals surface area contributed by atoms with Crippen molar-refractivity contribution in [1.82, 2.24) is 10.3 Å². The van der Waals surface area contributed by atoms with Crippen LogP contribution in [-0.2, 0) is 4.74 Å². The second-order valence-corrected chi connectivity index (χ2v) is 6.92. The van der Waals surface area contributed by atoms with E-state index in [0.29, 0.717) is 49.1 Å². The molecule has 0 aromatic carbocycles. The number of amides is 1. The number of nitrogens with one attached hydrogen (secondary N) is 1. The Morgan fingerprint density at radius 3 is 2.75 bits per heavy atom. The van der Waals surface area contributed by atoms with E-state index in [1.807, 2.05) is 19.9 Å². The van der Waals surface area contributed by atoms with Gasteiger partial charge in [0.2, 0.25) is 0 Å². The van der Waals surface area contributed by atoms with Gasteiger partial charge in [0.25, 0.3) is 5.91 Å². The molecule has 1 amide bonds. The summed E-state index contributed by atoms with van der Waals surface area (Å²) in [6.45, 7) is 8.23. The number of aliphatic hydroxyl groups is 1. The van der Waals surface area contributed by atoms with Crippen LogP contribution in [0, 0.1) is 0 Å². The summed E-state index contributed by atoms with van der Waals surface area (Å²) in [5.74, 6) is 0.456. The molecule has 148 valence electrons. The maximum Gasteiger partial charge on any atom is 0.259 e. The molecule has 0 saturated carbocycles. The van der Waals surface area contributed by atoms with Crippen molar-refractivity contribution < 1.29 is 14.6 Å². The van der Waals surface area contributed by atoms with E-state index in [-0.39, 0.29) is 5.91 Å². The Morgan fingerprint density at radius 1 is 1.32 bits per heavy atom. The van der Waals surface area contributed by atoms with Crippen molar-refractivity contribution in [1.29, 1.82) is 0 Å². The van der Waals surface area contributed by atoms with E-state index in [1.54, 1.807) is 37.4 Å². The van der Waals surface area contributed by atoms with Gasteiger partial charge in [0.1, 0.15) is 12.0 Å². The van der Waals surface area contributed by atoms with E-state index in [4.69, 9.17) is 4.74 Å². The van der Waals surface area contributed by atoms with Crippen LogP contribution < -0.4 is 10.2 Å². The minimum Gasteiger partial charge on any atom is -0.378 e. The Hall–Kier alpha value is -2.77. The molecule has 2 heterocycles. The van der Waals surface area contributed by atoms with Gasteiger partial charge >= 0.3 is 0 Å². The van der Waals surface area contributed by atoms with Crippen molar-refractivity contribution in [3.63, 3.8) is 0 Å². The van der Waals surface area contributed by atoms with Gasteiger partial charge in [-0.15, -0.1) is 0 Å². The van der Waals surface area contributed by atoms with Crippen LogP contribution in [0.4, 0.5) is 5.82 Å². The zero-order valence-electron chi connectivity index (χ0n) is 16.5. The fraction of sp³-hybridized carbons (Fsp3) is 0.381. The number of morpholine rings is 1.